The van der Waals surface area contributed by atoms with E-state index in [1.807, 2.05) is 24.3 Å². The molecule has 0 fully saturated rings. The van der Waals surface area contributed by atoms with Crippen molar-refractivity contribution in [1.82, 2.24) is 0 Å². The van der Waals surface area contributed by atoms with Gasteiger partial charge in [-0.15, -0.1) is 0 Å². The normalized spacial score (nSPS) is 11.8. The standard InChI is InChI=1S/C17H20N2O4S/c1-17(2,3)12-4-6-13(7-5-12)18-16(20)19-14-8-10-15(11-9-14)24(21,22)23/h4-11H,1-3H3,(H2,18,19,20)(H,21,22,23). The molecule has 0 radical (unpaired) electrons. The van der Waals surface area contributed by atoms with E-state index >= 15 is 0 Å². The molecule has 0 saturated heterocycles. The monoisotopic (exact) mass is 348 g/mol. The number of hydrogen-bond donors (Lipinski definition) is 3. The van der Waals surface area contributed by atoms with Gasteiger partial charge in [0.2, 0.25) is 0 Å². The van der Waals surface area contributed by atoms with Crippen LogP contribution in [0.25, 0.3) is 0 Å². The molecule has 0 saturated carbocycles. The average Bonchev–Trinajstić information content (AvgIpc) is 2.46. The molecule has 2 aromatic rings. The molecule has 3 N–H and O–H groups in total. The lowest BCUT2D eigenvalue weighted by molar-refractivity contribution is 0.262. The molecule has 24 heavy (non-hydrogen) atoms. The van der Waals surface area contributed by atoms with Crippen LogP contribution in [0.4, 0.5) is 16.2 Å². The van der Waals surface area contributed by atoms with Crippen LogP contribution < -0.4 is 10.6 Å². The second-order valence-corrected chi connectivity index (χ2v) is 7.83. The summed E-state index contributed by atoms with van der Waals surface area (Å²) in [6.07, 6.45) is 0. The minimum Gasteiger partial charge on any atom is -0.308 e. The van der Waals surface area contributed by atoms with E-state index in [0.717, 1.165) is 5.56 Å². The van der Waals surface area contributed by atoms with E-state index in [-0.39, 0.29) is 10.3 Å². The van der Waals surface area contributed by atoms with Gasteiger partial charge in [0.15, 0.2) is 0 Å². The molecule has 2 rings (SSSR count). The van der Waals surface area contributed by atoms with Crippen LogP contribution in [0.3, 0.4) is 0 Å². The Bertz CT molecular complexity index is 820. The number of carbonyl (C=O) groups is 1. The topological polar surface area (TPSA) is 95.5 Å². The maximum absolute atomic E-state index is 12.0. The van der Waals surface area contributed by atoms with Crippen molar-refractivity contribution < 1.29 is 17.8 Å². The van der Waals surface area contributed by atoms with Crippen LogP contribution in [0.2, 0.25) is 0 Å². The van der Waals surface area contributed by atoms with Gasteiger partial charge in [0.25, 0.3) is 10.1 Å². The number of anilines is 2. The SMILES string of the molecule is CC(C)(C)c1ccc(NC(=O)Nc2ccc(S(=O)(=O)O)cc2)cc1. The van der Waals surface area contributed by atoms with Gasteiger partial charge in [0, 0.05) is 11.4 Å². The van der Waals surface area contributed by atoms with E-state index in [1.165, 1.54) is 24.3 Å². The van der Waals surface area contributed by atoms with Gasteiger partial charge in [-0.1, -0.05) is 32.9 Å². The second-order valence-electron chi connectivity index (χ2n) is 6.41. The summed E-state index contributed by atoms with van der Waals surface area (Å²) in [6.45, 7) is 6.33. The van der Waals surface area contributed by atoms with Crippen molar-refractivity contribution in [2.45, 2.75) is 31.1 Å². The van der Waals surface area contributed by atoms with Crippen LogP contribution in [-0.2, 0) is 15.5 Å². The van der Waals surface area contributed by atoms with Gasteiger partial charge in [-0.25, -0.2) is 4.79 Å². The minimum atomic E-state index is -4.24. The summed E-state index contributed by atoms with van der Waals surface area (Å²) in [5.41, 5.74) is 2.26. The molecular weight excluding hydrogens is 328 g/mol. The molecule has 2 amide bonds. The Balaban J connectivity index is 2.00. The predicted octanol–water partition coefficient (Wildman–Crippen LogP) is 3.87. The van der Waals surface area contributed by atoms with Gasteiger partial charge in [0.1, 0.15) is 0 Å². The first-order valence-electron chi connectivity index (χ1n) is 7.32. The fourth-order valence-corrected chi connectivity index (χ4v) is 2.54. The lowest BCUT2D eigenvalue weighted by atomic mass is 9.87. The maximum Gasteiger partial charge on any atom is 0.323 e. The van der Waals surface area contributed by atoms with Crippen LogP contribution in [-0.4, -0.2) is 19.0 Å². The summed E-state index contributed by atoms with van der Waals surface area (Å²) >= 11 is 0. The van der Waals surface area contributed by atoms with Gasteiger partial charge in [-0.05, 0) is 47.4 Å². The quantitative estimate of drug-likeness (QED) is 0.734. The minimum absolute atomic E-state index is 0.0373. The molecule has 0 aliphatic carbocycles. The van der Waals surface area contributed by atoms with Crippen molar-refractivity contribution in [3.05, 3.63) is 54.1 Å². The number of hydrogen-bond acceptors (Lipinski definition) is 3. The fraction of sp³-hybridized carbons (Fsp3) is 0.235. The Morgan fingerprint density at radius 2 is 1.29 bits per heavy atom. The third-order valence-electron chi connectivity index (χ3n) is 3.42. The van der Waals surface area contributed by atoms with Gasteiger partial charge in [-0.2, -0.15) is 8.42 Å². The Morgan fingerprint density at radius 3 is 1.67 bits per heavy atom. The maximum atomic E-state index is 12.0. The van der Waals surface area contributed by atoms with E-state index in [0.29, 0.717) is 11.4 Å². The molecule has 0 heterocycles. The zero-order chi connectivity index (χ0) is 18.0. The van der Waals surface area contributed by atoms with Crippen molar-refractivity contribution in [2.24, 2.45) is 0 Å². The van der Waals surface area contributed by atoms with E-state index in [1.54, 1.807) is 0 Å². The van der Waals surface area contributed by atoms with Gasteiger partial charge in [-0.3, -0.25) is 4.55 Å². The summed E-state index contributed by atoms with van der Waals surface area (Å²) in [7, 11) is -4.24. The lowest BCUT2D eigenvalue weighted by Crippen LogP contribution is -2.19. The zero-order valence-corrected chi connectivity index (χ0v) is 14.5. The summed E-state index contributed by atoms with van der Waals surface area (Å²) < 4.78 is 30.8. The van der Waals surface area contributed by atoms with E-state index < -0.39 is 16.1 Å². The van der Waals surface area contributed by atoms with Crippen LogP contribution in [0.15, 0.2) is 53.4 Å². The van der Waals surface area contributed by atoms with Crippen molar-refractivity contribution in [3.8, 4) is 0 Å². The average molecular weight is 348 g/mol. The number of benzene rings is 2. The highest BCUT2D eigenvalue weighted by molar-refractivity contribution is 7.85. The lowest BCUT2D eigenvalue weighted by Gasteiger charge is -2.19. The van der Waals surface area contributed by atoms with Gasteiger partial charge >= 0.3 is 6.03 Å². The largest absolute Gasteiger partial charge is 0.323 e. The number of carbonyl (C=O) groups excluding carboxylic acids is 1. The zero-order valence-electron chi connectivity index (χ0n) is 13.7. The molecule has 0 aromatic heterocycles. The summed E-state index contributed by atoms with van der Waals surface area (Å²) in [5, 5.41) is 5.28. The van der Waals surface area contributed by atoms with Crippen molar-refractivity contribution >= 4 is 27.5 Å². The Hall–Kier alpha value is -2.38. The first-order valence-corrected chi connectivity index (χ1v) is 8.76. The first kappa shape index (κ1) is 18.0. The number of nitrogens with one attached hydrogen (secondary N) is 2. The van der Waals surface area contributed by atoms with Gasteiger partial charge < -0.3 is 10.6 Å². The fourth-order valence-electron chi connectivity index (χ4n) is 2.06. The second kappa shape index (κ2) is 6.62. The summed E-state index contributed by atoms with van der Waals surface area (Å²) in [5.74, 6) is 0. The third kappa shape index (κ3) is 4.81. The molecule has 0 aliphatic rings. The molecular formula is C17H20N2O4S. The highest BCUT2D eigenvalue weighted by Gasteiger charge is 2.13. The molecule has 128 valence electrons. The predicted molar refractivity (Wildman–Crippen MR) is 94.0 cm³/mol. The summed E-state index contributed by atoms with van der Waals surface area (Å²) in [6, 6.07) is 12.3. The Kier molecular flexibility index (Phi) is 4.96. The first-order chi connectivity index (χ1) is 11.1. The Labute approximate surface area is 141 Å². The molecule has 2 aromatic carbocycles. The van der Waals surface area contributed by atoms with Crippen molar-refractivity contribution in [1.29, 1.82) is 0 Å². The molecule has 0 atom stereocenters. The molecule has 0 unspecified atom stereocenters. The number of rotatable bonds is 3. The van der Waals surface area contributed by atoms with Crippen LogP contribution >= 0.6 is 0 Å². The number of amides is 2. The van der Waals surface area contributed by atoms with E-state index in [9.17, 15) is 13.2 Å². The van der Waals surface area contributed by atoms with Gasteiger partial charge in [0.05, 0.1) is 4.90 Å². The van der Waals surface area contributed by atoms with Crippen LogP contribution in [0.1, 0.15) is 26.3 Å². The molecule has 0 spiro atoms. The smallest absolute Gasteiger partial charge is 0.308 e. The number of urea groups is 1. The summed E-state index contributed by atoms with van der Waals surface area (Å²) in [4.78, 5) is 11.7. The van der Waals surface area contributed by atoms with Crippen molar-refractivity contribution in [2.75, 3.05) is 10.6 Å². The third-order valence-corrected chi connectivity index (χ3v) is 4.29. The molecule has 6 nitrogen and oxygen atoms in total. The van der Waals surface area contributed by atoms with E-state index in [4.69, 9.17) is 4.55 Å². The molecule has 0 aliphatic heterocycles. The highest BCUT2D eigenvalue weighted by atomic mass is 32.2. The van der Waals surface area contributed by atoms with Crippen LogP contribution in [0, 0.1) is 0 Å². The van der Waals surface area contributed by atoms with Crippen LogP contribution in [0.5, 0.6) is 0 Å². The highest BCUT2D eigenvalue weighted by Crippen LogP contribution is 2.23. The van der Waals surface area contributed by atoms with Crippen molar-refractivity contribution in [3.63, 3.8) is 0 Å². The molecule has 0 bridgehead atoms. The van der Waals surface area contributed by atoms with E-state index in [2.05, 4.69) is 31.4 Å². The molecule has 7 heteroatoms. The Morgan fingerprint density at radius 1 is 0.875 bits per heavy atom.